The molecule has 0 amide bonds. The number of benzene rings is 7. The lowest BCUT2D eigenvalue weighted by molar-refractivity contribution is 1.01. The molecule has 0 N–H and O–H groups in total. The average molecular weight is 612 g/mol. The molecule has 3 heterocycles. The maximum Gasteiger partial charge on any atom is 0.0542 e. The van der Waals surface area contributed by atoms with Crippen LogP contribution in [-0.4, -0.2) is 9.13 Å². The third-order valence-electron chi connectivity index (χ3n) is 10.5. The van der Waals surface area contributed by atoms with E-state index in [1.54, 1.807) is 0 Å². The zero-order valence-electron chi connectivity index (χ0n) is 26.1. The Balaban J connectivity index is 1.11. The van der Waals surface area contributed by atoms with E-state index in [2.05, 4.69) is 184 Å². The molecule has 1 aliphatic carbocycles. The van der Waals surface area contributed by atoms with E-state index in [-0.39, 0.29) is 5.92 Å². The fourth-order valence-corrected chi connectivity index (χ4v) is 8.54. The summed E-state index contributed by atoms with van der Waals surface area (Å²) >= 11 is 0. The van der Waals surface area contributed by atoms with Crippen molar-refractivity contribution in [1.82, 2.24) is 9.13 Å². The monoisotopic (exact) mass is 611 g/mol. The minimum Gasteiger partial charge on any atom is -0.313 e. The third kappa shape index (κ3) is 3.42. The van der Waals surface area contributed by atoms with Gasteiger partial charge in [-0.3, -0.25) is 0 Å². The number of nitrogens with zero attached hydrogens (tertiary/aromatic N) is 3. The van der Waals surface area contributed by atoms with Crippen molar-refractivity contribution < 1.29 is 0 Å². The predicted octanol–water partition coefficient (Wildman–Crippen LogP) is 11.5. The van der Waals surface area contributed by atoms with Crippen LogP contribution in [0.15, 0.2) is 169 Å². The number of rotatable bonds is 3. The summed E-state index contributed by atoms with van der Waals surface area (Å²) < 4.78 is 4.83. The Morgan fingerprint density at radius 1 is 0.375 bits per heavy atom. The van der Waals surface area contributed by atoms with Crippen molar-refractivity contribution in [2.24, 2.45) is 0 Å². The van der Waals surface area contributed by atoms with Gasteiger partial charge in [0.05, 0.1) is 33.7 Å². The van der Waals surface area contributed by atoms with Gasteiger partial charge in [-0.2, -0.15) is 0 Å². The molecule has 0 saturated heterocycles. The van der Waals surface area contributed by atoms with Crippen molar-refractivity contribution in [2.45, 2.75) is 5.92 Å². The topological polar surface area (TPSA) is 13.1 Å². The maximum atomic E-state index is 2.48. The summed E-state index contributed by atoms with van der Waals surface area (Å²) in [4.78, 5) is 2.48. The van der Waals surface area contributed by atoms with Crippen LogP contribution in [0.2, 0.25) is 0 Å². The highest BCUT2D eigenvalue weighted by atomic mass is 15.2. The van der Waals surface area contributed by atoms with Crippen LogP contribution < -0.4 is 4.90 Å². The number of aromatic nitrogens is 2. The van der Waals surface area contributed by atoms with Gasteiger partial charge in [-0.25, -0.2) is 0 Å². The minimum atomic E-state index is 0.262. The van der Waals surface area contributed by atoms with Crippen LogP contribution in [0, 0.1) is 0 Å². The molecule has 0 spiro atoms. The molecule has 3 nitrogen and oxygen atoms in total. The van der Waals surface area contributed by atoms with E-state index in [1.165, 1.54) is 77.4 Å². The van der Waals surface area contributed by atoms with Crippen molar-refractivity contribution in [1.29, 1.82) is 0 Å². The van der Waals surface area contributed by atoms with Crippen LogP contribution in [0.1, 0.15) is 22.6 Å². The molecule has 0 fully saturated rings. The normalized spacial score (nSPS) is 15.0. The van der Waals surface area contributed by atoms with E-state index >= 15 is 0 Å². The van der Waals surface area contributed by atoms with Crippen LogP contribution in [0.3, 0.4) is 0 Å². The Morgan fingerprint density at radius 3 is 1.60 bits per heavy atom. The van der Waals surface area contributed by atoms with Crippen LogP contribution >= 0.6 is 0 Å². The first-order valence-corrected chi connectivity index (χ1v) is 16.7. The Labute approximate surface area is 277 Å². The van der Waals surface area contributed by atoms with Gasteiger partial charge in [0.1, 0.15) is 0 Å². The molecule has 2 aromatic heterocycles. The summed E-state index contributed by atoms with van der Waals surface area (Å²) in [6, 6.07) is 60.0. The molecular formula is C45H29N3. The highest BCUT2D eigenvalue weighted by Crippen LogP contribution is 2.55. The molecular weight excluding hydrogens is 583 g/mol. The molecule has 11 rings (SSSR count). The van der Waals surface area contributed by atoms with Gasteiger partial charge in [0.2, 0.25) is 0 Å². The molecule has 0 bridgehead atoms. The first kappa shape index (κ1) is 25.8. The first-order chi connectivity index (χ1) is 23.8. The lowest BCUT2D eigenvalue weighted by Gasteiger charge is -2.22. The lowest BCUT2D eigenvalue weighted by atomic mass is 9.93. The summed E-state index contributed by atoms with van der Waals surface area (Å²) in [6.07, 6.45) is 2.38. The van der Waals surface area contributed by atoms with Gasteiger partial charge in [0, 0.05) is 44.3 Å². The fourth-order valence-electron chi connectivity index (χ4n) is 8.54. The molecule has 0 saturated carbocycles. The van der Waals surface area contributed by atoms with Gasteiger partial charge in [-0.1, -0.05) is 103 Å². The Morgan fingerprint density at radius 2 is 0.917 bits per heavy atom. The maximum absolute atomic E-state index is 2.48. The third-order valence-corrected chi connectivity index (χ3v) is 10.5. The lowest BCUT2D eigenvalue weighted by Crippen LogP contribution is -2.11. The summed E-state index contributed by atoms with van der Waals surface area (Å²) in [5.41, 5.74) is 15.0. The van der Waals surface area contributed by atoms with Gasteiger partial charge in [-0.05, 0) is 83.4 Å². The van der Waals surface area contributed by atoms with Crippen LogP contribution in [0.5, 0.6) is 0 Å². The number of para-hydroxylation sites is 4. The molecule has 0 radical (unpaired) electrons. The number of fused-ring (bicyclic) bond motifs is 11. The van der Waals surface area contributed by atoms with Gasteiger partial charge in [-0.15, -0.1) is 0 Å². The zero-order chi connectivity index (χ0) is 31.3. The predicted molar refractivity (Wildman–Crippen MR) is 200 cm³/mol. The number of allylic oxidation sites excluding steroid dienone is 1. The highest BCUT2D eigenvalue weighted by Gasteiger charge is 2.39. The first-order valence-electron chi connectivity index (χ1n) is 16.7. The Kier molecular flexibility index (Phi) is 5.17. The molecule has 224 valence electrons. The van der Waals surface area contributed by atoms with E-state index < -0.39 is 0 Å². The molecule has 48 heavy (non-hydrogen) atoms. The summed E-state index contributed by atoms with van der Waals surface area (Å²) in [7, 11) is 0. The van der Waals surface area contributed by atoms with E-state index in [4.69, 9.17) is 0 Å². The van der Waals surface area contributed by atoms with Crippen molar-refractivity contribution >= 4 is 61.1 Å². The molecule has 7 aromatic carbocycles. The van der Waals surface area contributed by atoms with Gasteiger partial charge in [0.25, 0.3) is 0 Å². The number of anilines is 2. The smallest absolute Gasteiger partial charge is 0.0542 e. The van der Waals surface area contributed by atoms with Crippen molar-refractivity contribution in [2.75, 3.05) is 4.90 Å². The average Bonchev–Trinajstić information content (AvgIpc) is 3.87. The van der Waals surface area contributed by atoms with E-state index in [9.17, 15) is 0 Å². The van der Waals surface area contributed by atoms with E-state index in [0.29, 0.717) is 0 Å². The molecule has 1 atom stereocenters. The molecule has 1 aliphatic heterocycles. The standard InChI is InChI=1S/C45H29N3/c1-2-15-33-29(12-1)26-44-45(33)37-19-6-10-23-42(37)48(44)32-24-25-43-38(28-32)36-18-5-9-22-41(36)47(43)31-14-11-13-30(27-31)46-39-20-7-3-16-34(39)35-17-4-8-21-40(35)46/h1-28,45H. The minimum absolute atomic E-state index is 0.262. The second kappa shape index (κ2) is 9.60. The summed E-state index contributed by atoms with van der Waals surface area (Å²) in [6.45, 7) is 0. The zero-order valence-corrected chi connectivity index (χ0v) is 26.1. The largest absolute Gasteiger partial charge is 0.313 e. The Bertz CT molecular complexity index is 2760. The number of hydrogen-bond donors (Lipinski definition) is 0. The molecule has 2 aliphatic rings. The number of hydrogen-bond acceptors (Lipinski definition) is 1. The van der Waals surface area contributed by atoms with Gasteiger partial charge in [0.15, 0.2) is 0 Å². The van der Waals surface area contributed by atoms with Crippen molar-refractivity contribution in [3.8, 4) is 11.4 Å². The van der Waals surface area contributed by atoms with Crippen molar-refractivity contribution in [3.63, 3.8) is 0 Å². The van der Waals surface area contributed by atoms with E-state index in [0.717, 1.165) is 11.4 Å². The molecule has 9 aromatic rings. The summed E-state index contributed by atoms with van der Waals surface area (Å²) in [5.74, 6) is 0.262. The van der Waals surface area contributed by atoms with Crippen LogP contribution in [0.25, 0.3) is 61.1 Å². The molecule has 1 unspecified atom stereocenters. The van der Waals surface area contributed by atoms with E-state index in [1.807, 2.05) is 0 Å². The quantitative estimate of drug-likeness (QED) is 0.194. The highest BCUT2D eigenvalue weighted by molar-refractivity contribution is 6.11. The second-order valence-corrected chi connectivity index (χ2v) is 13.0. The SMILES string of the molecule is C1=C2C(c3ccccc31)c1ccccc1N2c1ccc2c(c1)c1ccccc1n2-c1cccc(-n2c3ccccc3c3ccccc32)c1. The van der Waals surface area contributed by atoms with Gasteiger partial charge >= 0.3 is 0 Å². The Hall–Kier alpha value is -6.32. The summed E-state index contributed by atoms with van der Waals surface area (Å²) in [5, 5.41) is 5.05. The van der Waals surface area contributed by atoms with Crippen LogP contribution in [0.4, 0.5) is 11.4 Å². The van der Waals surface area contributed by atoms with Gasteiger partial charge < -0.3 is 14.0 Å². The van der Waals surface area contributed by atoms with Crippen molar-refractivity contribution in [3.05, 3.63) is 186 Å². The fraction of sp³-hybridized carbons (Fsp3) is 0.0222. The second-order valence-electron chi connectivity index (χ2n) is 13.0. The van der Waals surface area contributed by atoms with Crippen LogP contribution in [-0.2, 0) is 0 Å². The molecule has 3 heteroatoms.